The molecule has 0 saturated carbocycles. The number of nitrogens with one attached hydrogen (secondary N) is 2. The zero-order valence-electron chi connectivity index (χ0n) is 10.4. The van der Waals surface area contributed by atoms with Crippen molar-refractivity contribution in [3.63, 3.8) is 0 Å². The third-order valence-corrected chi connectivity index (χ3v) is 3.24. The van der Waals surface area contributed by atoms with Gasteiger partial charge in [0.05, 0.1) is 6.04 Å². The molecular weight excluding hydrogens is 266 g/mol. The highest BCUT2D eigenvalue weighted by Gasteiger charge is 2.15. The summed E-state index contributed by atoms with van der Waals surface area (Å²) in [6.45, 7) is 0. The molecule has 0 radical (unpaired) electrons. The molecule has 1 aromatic carbocycles. The number of carbonyl (C=O) groups excluding carboxylic acids is 1. The number of aromatic nitrogens is 1. The summed E-state index contributed by atoms with van der Waals surface area (Å²) < 4.78 is 0. The Balaban J connectivity index is 2.44. The molecule has 1 unspecified atom stereocenters. The largest absolute Gasteiger partial charge is 0.368 e. The Morgan fingerprint density at radius 2 is 2.21 bits per heavy atom. The van der Waals surface area contributed by atoms with Crippen molar-refractivity contribution in [3.8, 4) is 0 Å². The average molecular weight is 280 g/mol. The van der Waals surface area contributed by atoms with Crippen LogP contribution in [0.1, 0.15) is 5.56 Å². The van der Waals surface area contributed by atoms with Gasteiger partial charge in [-0.2, -0.15) is 0 Å². The highest BCUT2D eigenvalue weighted by molar-refractivity contribution is 6.31. The Bertz CT molecular complexity index is 681. The maximum absolute atomic E-state index is 11.9. The van der Waals surface area contributed by atoms with Crippen LogP contribution in [-0.4, -0.2) is 24.0 Å². The van der Waals surface area contributed by atoms with Crippen LogP contribution in [-0.2, 0) is 11.2 Å². The van der Waals surface area contributed by atoms with Crippen molar-refractivity contribution in [1.29, 1.82) is 0 Å². The van der Waals surface area contributed by atoms with Crippen molar-refractivity contribution >= 4 is 28.4 Å². The van der Waals surface area contributed by atoms with E-state index in [-0.39, 0.29) is 12.0 Å². The van der Waals surface area contributed by atoms with Gasteiger partial charge in [-0.1, -0.05) is 17.7 Å². The molecule has 19 heavy (non-hydrogen) atoms. The fraction of sp³-hybridized carbons (Fsp3) is 0.231. The standard InChI is InChI=1S/C13H14ClN3O2/c1-16-11(12(15)18)5-8-4-7-2-3-9(14)6-10(7)17-13(8)19/h2-4,6,11,16H,5H2,1H3,(H2,15,18)(H,17,19). The van der Waals surface area contributed by atoms with Gasteiger partial charge in [-0.25, -0.2) is 0 Å². The fourth-order valence-corrected chi connectivity index (χ4v) is 2.11. The van der Waals surface area contributed by atoms with E-state index in [2.05, 4.69) is 10.3 Å². The second-order valence-corrected chi connectivity index (χ2v) is 4.74. The minimum Gasteiger partial charge on any atom is -0.368 e. The van der Waals surface area contributed by atoms with E-state index < -0.39 is 11.9 Å². The van der Waals surface area contributed by atoms with Gasteiger partial charge in [-0.15, -0.1) is 0 Å². The van der Waals surface area contributed by atoms with Crippen LogP contribution >= 0.6 is 11.6 Å². The summed E-state index contributed by atoms with van der Waals surface area (Å²) in [5.74, 6) is -0.488. The Labute approximate surface area is 114 Å². The molecule has 0 aliphatic carbocycles. The summed E-state index contributed by atoms with van der Waals surface area (Å²) >= 11 is 5.87. The molecule has 0 spiro atoms. The predicted octanol–water partition coefficient (Wildman–Crippen LogP) is 0.797. The van der Waals surface area contributed by atoms with Gasteiger partial charge < -0.3 is 16.0 Å². The first-order chi connectivity index (χ1) is 9.01. The van der Waals surface area contributed by atoms with E-state index in [4.69, 9.17) is 17.3 Å². The summed E-state index contributed by atoms with van der Waals surface area (Å²) in [7, 11) is 1.63. The molecular formula is C13H14ClN3O2. The van der Waals surface area contributed by atoms with Crippen LogP contribution in [0.15, 0.2) is 29.1 Å². The van der Waals surface area contributed by atoms with E-state index in [1.165, 1.54) is 0 Å². The third-order valence-electron chi connectivity index (χ3n) is 3.00. The number of carbonyl (C=O) groups is 1. The lowest BCUT2D eigenvalue weighted by molar-refractivity contribution is -0.119. The molecule has 0 aliphatic heterocycles. The number of hydrogen-bond donors (Lipinski definition) is 3. The molecule has 1 heterocycles. The monoisotopic (exact) mass is 279 g/mol. The summed E-state index contributed by atoms with van der Waals surface area (Å²) in [4.78, 5) is 25.9. The number of amides is 1. The second-order valence-electron chi connectivity index (χ2n) is 4.30. The van der Waals surface area contributed by atoms with Gasteiger partial charge in [0, 0.05) is 22.5 Å². The zero-order chi connectivity index (χ0) is 14.0. The molecule has 1 amide bonds. The molecule has 100 valence electrons. The van der Waals surface area contributed by atoms with Crippen LogP contribution in [0.25, 0.3) is 10.9 Å². The van der Waals surface area contributed by atoms with Crippen molar-refractivity contribution in [2.75, 3.05) is 7.05 Å². The van der Waals surface area contributed by atoms with Gasteiger partial charge in [0.1, 0.15) is 0 Å². The van der Waals surface area contributed by atoms with Crippen LogP contribution in [0.4, 0.5) is 0 Å². The molecule has 5 nitrogen and oxygen atoms in total. The molecule has 0 fully saturated rings. The predicted molar refractivity (Wildman–Crippen MR) is 75.3 cm³/mol. The molecule has 2 aromatic rings. The molecule has 0 bridgehead atoms. The molecule has 1 aromatic heterocycles. The average Bonchev–Trinajstić information content (AvgIpc) is 2.35. The van der Waals surface area contributed by atoms with Gasteiger partial charge in [0.25, 0.3) is 5.56 Å². The Morgan fingerprint density at radius 3 is 2.84 bits per heavy atom. The number of nitrogens with two attached hydrogens (primary N) is 1. The van der Waals surface area contributed by atoms with E-state index >= 15 is 0 Å². The second kappa shape index (κ2) is 5.42. The number of H-pyrrole nitrogens is 1. The molecule has 0 saturated heterocycles. The number of hydrogen-bond acceptors (Lipinski definition) is 3. The normalized spacial score (nSPS) is 12.5. The lowest BCUT2D eigenvalue weighted by Gasteiger charge is -2.12. The Morgan fingerprint density at radius 1 is 1.47 bits per heavy atom. The first-order valence-corrected chi connectivity index (χ1v) is 6.17. The zero-order valence-corrected chi connectivity index (χ0v) is 11.1. The van der Waals surface area contributed by atoms with Gasteiger partial charge >= 0.3 is 0 Å². The van der Waals surface area contributed by atoms with Crippen LogP contribution in [0.5, 0.6) is 0 Å². The third kappa shape index (κ3) is 2.94. The number of halogens is 1. The van der Waals surface area contributed by atoms with Crippen molar-refractivity contribution in [2.24, 2.45) is 5.73 Å². The summed E-state index contributed by atoms with van der Waals surface area (Å²) in [5, 5.41) is 4.20. The first-order valence-electron chi connectivity index (χ1n) is 5.79. The van der Waals surface area contributed by atoms with Gasteiger partial charge in [-0.3, -0.25) is 9.59 Å². The number of pyridine rings is 1. The Kier molecular flexibility index (Phi) is 3.87. The van der Waals surface area contributed by atoms with Crippen molar-refractivity contribution < 1.29 is 4.79 Å². The molecule has 6 heteroatoms. The Hall–Kier alpha value is -1.85. The van der Waals surface area contributed by atoms with Gasteiger partial charge in [0.2, 0.25) is 5.91 Å². The number of aromatic amines is 1. The topological polar surface area (TPSA) is 88.0 Å². The number of rotatable bonds is 4. The lowest BCUT2D eigenvalue weighted by atomic mass is 10.0. The van der Waals surface area contributed by atoms with Crippen LogP contribution in [0, 0.1) is 0 Å². The number of fused-ring (bicyclic) bond motifs is 1. The smallest absolute Gasteiger partial charge is 0.251 e. The minimum absolute atomic E-state index is 0.240. The van der Waals surface area contributed by atoms with Crippen molar-refractivity contribution in [3.05, 3.63) is 45.2 Å². The van der Waals surface area contributed by atoms with E-state index in [0.717, 1.165) is 5.39 Å². The van der Waals surface area contributed by atoms with Crippen LogP contribution in [0.2, 0.25) is 5.02 Å². The minimum atomic E-state index is -0.564. The summed E-state index contributed by atoms with van der Waals surface area (Å²) in [5.41, 5.74) is 6.18. The van der Waals surface area contributed by atoms with Crippen LogP contribution in [0.3, 0.4) is 0 Å². The van der Waals surface area contributed by atoms with E-state index in [9.17, 15) is 9.59 Å². The maximum Gasteiger partial charge on any atom is 0.251 e. The van der Waals surface area contributed by atoms with E-state index in [1.54, 1.807) is 25.2 Å². The lowest BCUT2D eigenvalue weighted by Crippen LogP contribution is -2.41. The quantitative estimate of drug-likeness (QED) is 0.773. The highest BCUT2D eigenvalue weighted by atomic mass is 35.5. The number of likely N-dealkylation sites (N-methyl/N-ethyl adjacent to an activating group) is 1. The van der Waals surface area contributed by atoms with Gasteiger partial charge in [-0.05, 0) is 30.6 Å². The van der Waals surface area contributed by atoms with Crippen molar-refractivity contribution in [2.45, 2.75) is 12.5 Å². The SMILES string of the molecule is CNC(Cc1cc2ccc(Cl)cc2[nH]c1=O)C(N)=O. The summed E-state index contributed by atoms with van der Waals surface area (Å²) in [6.07, 6.45) is 0.250. The van der Waals surface area contributed by atoms with E-state index in [1.807, 2.05) is 6.07 Å². The highest BCUT2D eigenvalue weighted by Crippen LogP contribution is 2.17. The number of primary amides is 1. The molecule has 1 atom stereocenters. The fourth-order valence-electron chi connectivity index (χ4n) is 1.93. The molecule has 2 rings (SSSR count). The van der Waals surface area contributed by atoms with Gasteiger partial charge in [0.15, 0.2) is 0 Å². The number of benzene rings is 1. The molecule has 4 N–H and O–H groups in total. The van der Waals surface area contributed by atoms with Crippen molar-refractivity contribution in [1.82, 2.24) is 10.3 Å². The maximum atomic E-state index is 11.9. The first kappa shape index (κ1) is 13.6. The van der Waals surface area contributed by atoms with Crippen LogP contribution < -0.4 is 16.6 Å². The van der Waals surface area contributed by atoms with E-state index in [0.29, 0.717) is 16.1 Å². The molecule has 0 aliphatic rings. The summed E-state index contributed by atoms with van der Waals surface area (Å²) in [6, 6.07) is 6.43.